The van der Waals surface area contributed by atoms with Crippen molar-refractivity contribution in [2.45, 2.75) is 24.8 Å². The molecule has 0 saturated heterocycles. The molecular formula is C17H21N5O. The summed E-state index contributed by atoms with van der Waals surface area (Å²) in [7, 11) is 1.84. The van der Waals surface area contributed by atoms with Crippen molar-refractivity contribution in [1.82, 2.24) is 14.9 Å². The van der Waals surface area contributed by atoms with E-state index in [-0.39, 0.29) is 11.4 Å². The number of anilines is 2. The fourth-order valence-corrected chi connectivity index (χ4v) is 2.89. The molecule has 1 fully saturated rings. The molecule has 6 nitrogen and oxygen atoms in total. The number of likely N-dealkylation sites (N-methyl/N-ethyl adjacent to an activating group) is 1. The SMILES string of the molecule is CN(C(=O)c1cccc(Nc2ncccn2)c1)C1(CN)CCC1. The van der Waals surface area contributed by atoms with Crippen molar-refractivity contribution in [2.24, 2.45) is 5.73 Å². The van der Waals surface area contributed by atoms with Crippen molar-refractivity contribution in [2.75, 3.05) is 18.9 Å². The van der Waals surface area contributed by atoms with Gasteiger partial charge in [0.1, 0.15) is 0 Å². The van der Waals surface area contributed by atoms with Crippen molar-refractivity contribution in [3.05, 3.63) is 48.3 Å². The van der Waals surface area contributed by atoms with E-state index >= 15 is 0 Å². The molecule has 120 valence electrons. The van der Waals surface area contributed by atoms with Crippen LogP contribution in [-0.4, -0.2) is 39.9 Å². The highest BCUT2D eigenvalue weighted by molar-refractivity contribution is 5.95. The summed E-state index contributed by atoms with van der Waals surface area (Å²) >= 11 is 0. The van der Waals surface area contributed by atoms with E-state index in [1.54, 1.807) is 23.4 Å². The number of hydrogen-bond donors (Lipinski definition) is 2. The van der Waals surface area contributed by atoms with Crippen LogP contribution in [0.5, 0.6) is 0 Å². The number of nitrogens with one attached hydrogen (secondary N) is 1. The molecule has 23 heavy (non-hydrogen) atoms. The van der Waals surface area contributed by atoms with Gasteiger partial charge in [0.05, 0.1) is 5.54 Å². The van der Waals surface area contributed by atoms with E-state index in [2.05, 4.69) is 15.3 Å². The molecule has 0 unspecified atom stereocenters. The van der Waals surface area contributed by atoms with Crippen LogP contribution >= 0.6 is 0 Å². The van der Waals surface area contributed by atoms with Crippen molar-refractivity contribution < 1.29 is 4.79 Å². The number of amides is 1. The van der Waals surface area contributed by atoms with Gasteiger partial charge in [-0.05, 0) is 43.5 Å². The lowest BCUT2D eigenvalue weighted by Crippen LogP contribution is -2.58. The average molecular weight is 311 g/mol. The number of rotatable bonds is 5. The van der Waals surface area contributed by atoms with E-state index in [0.717, 1.165) is 24.9 Å². The van der Waals surface area contributed by atoms with Gasteiger partial charge in [0.25, 0.3) is 5.91 Å². The molecule has 1 aliphatic carbocycles. The van der Waals surface area contributed by atoms with Gasteiger partial charge in [-0.1, -0.05) is 6.07 Å². The Bertz CT molecular complexity index is 679. The highest BCUT2D eigenvalue weighted by Gasteiger charge is 2.41. The quantitative estimate of drug-likeness (QED) is 0.884. The molecule has 1 aliphatic rings. The third-order valence-corrected chi connectivity index (χ3v) is 4.61. The predicted octanol–water partition coefficient (Wildman–Crippen LogP) is 2.17. The Morgan fingerprint density at radius 3 is 2.65 bits per heavy atom. The molecule has 0 radical (unpaired) electrons. The molecule has 0 atom stereocenters. The zero-order valence-electron chi connectivity index (χ0n) is 13.2. The Kier molecular flexibility index (Phi) is 4.25. The third kappa shape index (κ3) is 3.03. The molecule has 1 amide bonds. The first kappa shape index (κ1) is 15.4. The highest BCUT2D eigenvalue weighted by Crippen LogP contribution is 2.36. The van der Waals surface area contributed by atoms with E-state index < -0.39 is 0 Å². The van der Waals surface area contributed by atoms with Gasteiger partial charge in [-0.2, -0.15) is 0 Å². The van der Waals surface area contributed by atoms with Crippen LogP contribution in [0.3, 0.4) is 0 Å². The summed E-state index contributed by atoms with van der Waals surface area (Å²) in [5.74, 6) is 0.496. The molecule has 0 bridgehead atoms. The van der Waals surface area contributed by atoms with Gasteiger partial charge < -0.3 is 16.0 Å². The van der Waals surface area contributed by atoms with Gasteiger partial charge in [-0.15, -0.1) is 0 Å². The van der Waals surface area contributed by atoms with Crippen LogP contribution < -0.4 is 11.1 Å². The highest BCUT2D eigenvalue weighted by atomic mass is 16.2. The number of aromatic nitrogens is 2. The Balaban J connectivity index is 1.78. The maximum Gasteiger partial charge on any atom is 0.254 e. The largest absolute Gasteiger partial charge is 0.335 e. The lowest BCUT2D eigenvalue weighted by atomic mass is 9.75. The van der Waals surface area contributed by atoms with Crippen LogP contribution in [0.25, 0.3) is 0 Å². The Hall–Kier alpha value is -2.47. The summed E-state index contributed by atoms with van der Waals surface area (Å²) in [5, 5.41) is 3.10. The summed E-state index contributed by atoms with van der Waals surface area (Å²) in [6.07, 6.45) is 6.41. The van der Waals surface area contributed by atoms with E-state index in [1.807, 2.05) is 31.3 Å². The van der Waals surface area contributed by atoms with Crippen LogP contribution in [-0.2, 0) is 0 Å². The van der Waals surface area contributed by atoms with E-state index in [1.165, 1.54) is 0 Å². The average Bonchev–Trinajstić information content (AvgIpc) is 2.55. The smallest absolute Gasteiger partial charge is 0.254 e. The van der Waals surface area contributed by atoms with Gasteiger partial charge in [-0.3, -0.25) is 4.79 Å². The number of nitrogens with two attached hydrogens (primary N) is 1. The van der Waals surface area contributed by atoms with E-state index in [9.17, 15) is 4.79 Å². The fourth-order valence-electron chi connectivity index (χ4n) is 2.89. The third-order valence-electron chi connectivity index (χ3n) is 4.61. The predicted molar refractivity (Wildman–Crippen MR) is 89.5 cm³/mol. The second-order valence-corrected chi connectivity index (χ2v) is 5.92. The van der Waals surface area contributed by atoms with Gasteiger partial charge in [0.2, 0.25) is 5.95 Å². The number of benzene rings is 1. The number of carbonyl (C=O) groups is 1. The second-order valence-electron chi connectivity index (χ2n) is 5.92. The van der Waals surface area contributed by atoms with Crippen LogP contribution in [0.4, 0.5) is 11.6 Å². The van der Waals surface area contributed by atoms with Gasteiger partial charge in [0.15, 0.2) is 0 Å². The molecule has 3 N–H and O–H groups in total. The van der Waals surface area contributed by atoms with Crippen LogP contribution in [0.1, 0.15) is 29.6 Å². The van der Waals surface area contributed by atoms with Gasteiger partial charge in [0, 0.05) is 37.2 Å². The zero-order chi connectivity index (χ0) is 16.3. The molecule has 2 aromatic rings. The fraction of sp³-hybridized carbons (Fsp3) is 0.353. The molecule has 1 aromatic heterocycles. The number of carbonyl (C=O) groups excluding carboxylic acids is 1. The summed E-state index contributed by atoms with van der Waals surface area (Å²) in [4.78, 5) is 22.8. The Labute approximate surface area is 135 Å². The minimum Gasteiger partial charge on any atom is -0.335 e. The van der Waals surface area contributed by atoms with Crippen molar-refractivity contribution in [3.63, 3.8) is 0 Å². The molecular weight excluding hydrogens is 290 g/mol. The minimum atomic E-state index is -0.178. The zero-order valence-corrected chi connectivity index (χ0v) is 13.2. The number of nitrogens with zero attached hydrogens (tertiary/aromatic N) is 3. The second kappa shape index (κ2) is 6.34. The summed E-state index contributed by atoms with van der Waals surface area (Å²) in [6, 6.07) is 9.12. The standard InChI is InChI=1S/C17H21N5O/c1-22(17(12-18)7-3-8-17)15(23)13-5-2-6-14(11-13)21-16-19-9-4-10-20-16/h2,4-6,9-11H,3,7-8,12,18H2,1H3,(H,19,20,21). The normalized spacial score (nSPS) is 15.6. The number of hydrogen-bond acceptors (Lipinski definition) is 5. The Morgan fingerprint density at radius 2 is 2.04 bits per heavy atom. The van der Waals surface area contributed by atoms with Crippen molar-refractivity contribution in [1.29, 1.82) is 0 Å². The minimum absolute atomic E-state index is 0.00669. The topological polar surface area (TPSA) is 84.1 Å². The first-order valence-corrected chi connectivity index (χ1v) is 7.77. The molecule has 1 aromatic carbocycles. The molecule has 3 rings (SSSR count). The molecule has 6 heteroatoms. The van der Waals surface area contributed by atoms with Crippen LogP contribution in [0, 0.1) is 0 Å². The van der Waals surface area contributed by atoms with E-state index in [0.29, 0.717) is 18.1 Å². The maximum absolute atomic E-state index is 12.8. The van der Waals surface area contributed by atoms with Crippen molar-refractivity contribution in [3.8, 4) is 0 Å². The lowest BCUT2D eigenvalue weighted by Gasteiger charge is -2.48. The van der Waals surface area contributed by atoms with E-state index in [4.69, 9.17) is 5.73 Å². The first-order chi connectivity index (χ1) is 11.1. The Morgan fingerprint density at radius 1 is 1.30 bits per heavy atom. The molecule has 0 aliphatic heterocycles. The first-order valence-electron chi connectivity index (χ1n) is 7.77. The lowest BCUT2D eigenvalue weighted by molar-refractivity contribution is 0.0322. The maximum atomic E-state index is 12.8. The van der Waals surface area contributed by atoms with Crippen LogP contribution in [0.2, 0.25) is 0 Å². The van der Waals surface area contributed by atoms with Crippen LogP contribution in [0.15, 0.2) is 42.7 Å². The monoisotopic (exact) mass is 311 g/mol. The molecule has 1 saturated carbocycles. The molecule has 0 spiro atoms. The summed E-state index contributed by atoms with van der Waals surface area (Å²) in [5.41, 5.74) is 7.13. The van der Waals surface area contributed by atoms with Gasteiger partial charge >= 0.3 is 0 Å². The van der Waals surface area contributed by atoms with Gasteiger partial charge in [-0.25, -0.2) is 9.97 Å². The summed E-state index contributed by atoms with van der Waals surface area (Å²) < 4.78 is 0. The molecule has 1 heterocycles. The summed E-state index contributed by atoms with van der Waals surface area (Å²) in [6.45, 7) is 0.505. The van der Waals surface area contributed by atoms with Crippen molar-refractivity contribution >= 4 is 17.5 Å².